The average Bonchev–Trinajstić information content (AvgIpc) is 2.93. The van der Waals surface area contributed by atoms with Crippen molar-refractivity contribution in [1.29, 1.82) is 0 Å². The number of fused-ring (bicyclic) bond motifs is 1. The molecule has 0 fully saturated rings. The number of nitrogens with zero attached hydrogens (tertiary/aromatic N) is 1. The molecule has 3 rings (SSSR count). The van der Waals surface area contributed by atoms with E-state index in [-0.39, 0.29) is 6.04 Å². The molecule has 4 heteroatoms. The van der Waals surface area contributed by atoms with Crippen LogP contribution < -0.4 is 5.32 Å². The highest BCUT2D eigenvalue weighted by Crippen LogP contribution is 2.29. The highest BCUT2D eigenvalue weighted by molar-refractivity contribution is 9.10. The Morgan fingerprint density at radius 1 is 1.24 bits per heavy atom. The second kappa shape index (κ2) is 6.41. The van der Waals surface area contributed by atoms with Crippen molar-refractivity contribution in [2.24, 2.45) is 0 Å². The normalized spacial score (nSPS) is 12.7. The minimum absolute atomic E-state index is 0.217. The van der Waals surface area contributed by atoms with Gasteiger partial charge in [0, 0.05) is 23.2 Å². The third-order valence-electron chi connectivity index (χ3n) is 3.64. The van der Waals surface area contributed by atoms with Crippen LogP contribution in [0.4, 0.5) is 0 Å². The fourth-order valence-electron chi connectivity index (χ4n) is 2.65. The molecule has 2 heterocycles. The smallest absolute Gasteiger partial charge is 0.173 e. The molecule has 0 bridgehead atoms. The van der Waals surface area contributed by atoms with Gasteiger partial charge in [0.05, 0.1) is 11.8 Å². The lowest BCUT2D eigenvalue weighted by Gasteiger charge is -2.18. The standard InChI is InChI=1S/C17H17BrN2O/c1-2-19-16(14-8-10-21-17(14)18)11-12-7-9-20-15-6-4-3-5-13(12)15/h3-10,16,19H,2,11H2,1H3. The van der Waals surface area contributed by atoms with E-state index in [9.17, 15) is 0 Å². The topological polar surface area (TPSA) is 38.1 Å². The summed E-state index contributed by atoms with van der Waals surface area (Å²) in [5, 5.41) is 4.74. The number of furan rings is 1. The minimum atomic E-state index is 0.217. The number of nitrogens with one attached hydrogen (secondary N) is 1. The summed E-state index contributed by atoms with van der Waals surface area (Å²) in [6.45, 7) is 3.02. The number of hydrogen-bond acceptors (Lipinski definition) is 3. The maximum absolute atomic E-state index is 5.38. The van der Waals surface area contributed by atoms with Crippen molar-refractivity contribution >= 4 is 26.8 Å². The number of halogens is 1. The van der Waals surface area contributed by atoms with Crippen LogP contribution in [0.1, 0.15) is 24.1 Å². The Balaban J connectivity index is 1.97. The van der Waals surface area contributed by atoms with Crippen molar-refractivity contribution in [2.45, 2.75) is 19.4 Å². The van der Waals surface area contributed by atoms with Crippen LogP contribution in [0.15, 0.2) is 57.9 Å². The van der Waals surface area contributed by atoms with Crippen LogP contribution in [0.25, 0.3) is 10.9 Å². The van der Waals surface area contributed by atoms with Crippen molar-refractivity contribution in [2.75, 3.05) is 6.54 Å². The molecule has 1 unspecified atom stereocenters. The highest BCUT2D eigenvalue weighted by Gasteiger charge is 2.17. The van der Waals surface area contributed by atoms with Gasteiger partial charge >= 0.3 is 0 Å². The zero-order chi connectivity index (χ0) is 14.7. The van der Waals surface area contributed by atoms with Crippen molar-refractivity contribution < 1.29 is 4.42 Å². The summed E-state index contributed by atoms with van der Waals surface area (Å²) in [4.78, 5) is 4.43. The summed E-state index contributed by atoms with van der Waals surface area (Å²) in [7, 11) is 0. The molecule has 2 aromatic heterocycles. The number of rotatable bonds is 5. The van der Waals surface area contributed by atoms with Gasteiger partial charge in [-0.25, -0.2) is 0 Å². The third-order valence-corrected chi connectivity index (χ3v) is 4.28. The van der Waals surface area contributed by atoms with E-state index in [1.54, 1.807) is 6.26 Å². The second-order valence-electron chi connectivity index (χ2n) is 4.95. The van der Waals surface area contributed by atoms with Gasteiger partial charge < -0.3 is 9.73 Å². The molecule has 0 radical (unpaired) electrons. The van der Waals surface area contributed by atoms with Crippen molar-refractivity contribution in [1.82, 2.24) is 10.3 Å². The number of para-hydroxylation sites is 1. The molecular formula is C17H17BrN2O. The van der Waals surface area contributed by atoms with Crippen LogP contribution in [0.3, 0.4) is 0 Å². The fraction of sp³-hybridized carbons (Fsp3) is 0.235. The van der Waals surface area contributed by atoms with E-state index in [1.165, 1.54) is 10.9 Å². The number of likely N-dealkylation sites (N-methyl/N-ethyl adjacent to an activating group) is 1. The lowest BCUT2D eigenvalue weighted by atomic mass is 9.98. The van der Waals surface area contributed by atoms with Crippen LogP contribution in [-0.2, 0) is 6.42 Å². The molecule has 3 aromatic rings. The predicted molar refractivity (Wildman–Crippen MR) is 88.3 cm³/mol. The van der Waals surface area contributed by atoms with E-state index in [1.807, 2.05) is 18.3 Å². The highest BCUT2D eigenvalue weighted by atomic mass is 79.9. The molecule has 0 aliphatic rings. The van der Waals surface area contributed by atoms with Crippen LogP contribution >= 0.6 is 15.9 Å². The van der Waals surface area contributed by atoms with Crippen LogP contribution in [0.5, 0.6) is 0 Å². The lowest BCUT2D eigenvalue weighted by Crippen LogP contribution is -2.23. The molecule has 0 aliphatic heterocycles. The summed E-state index contributed by atoms with van der Waals surface area (Å²) in [6, 6.07) is 12.6. The number of benzene rings is 1. The van der Waals surface area contributed by atoms with Gasteiger partial charge in [-0.15, -0.1) is 0 Å². The van der Waals surface area contributed by atoms with Crippen molar-refractivity contribution in [3.05, 3.63) is 64.7 Å². The molecule has 1 N–H and O–H groups in total. The molecule has 1 aromatic carbocycles. The van der Waals surface area contributed by atoms with E-state index in [0.717, 1.165) is 28.7 Å². The molecule has 0 spiro atoms. The van der Waals surface area contributed by atoms with Crippen LogP contribution in [0, 0.1) is 0 Å². The first kappa shape index (κ1) is 14.3. The molecular weight excluding hydrogens is 328 g/mol. The Bertz CT molecular complexity index is 733. The summed E-state index contributed by atoms with van der Waals surface area (Å²) in [6.07, 6.45) is 4.49. The Morgan fingerprint density at radius 2 is 2.10 bits per heavy atom. The van der Waals surface area contributed by atoms with Gasteiger partial charge in [0.2, 0.25) is 0 Å². The fourth-order valence-corrected chi connectivity index (χ4v) is 3.16. The first-order valence-electron chi connectivity index (χ1n) is 7.08. The van der Waals surface area contributed by atoms with E-state index in [4.69, 9.17) is 4.42 Å². The average molecular weight is 345 g/mol. The van der Waals surface area contributed by atoms with E-state index in [2.05, 4.69) is 57.4 Å². The minimum Gasteiger partial charge on any atom is -0.457 e. The number of aromatic nitrogens is 1. The Morgan fingerprint density at radius 3 is 2.86 bits per heavy atom. The maximum atomic E-state index is 5.38. The van der Waals surface area contributed by atoms with Gasteiger partial charge in [0.1, 0.15) is 0 Å². The van der Waals surface area contributed by atoms with Crippen LogP contribution in [-0.4, -0.2) is 11.5 Å². The molecule has 3 nitrogen and oxygen atoms in total. The summed E-state index contributed by atoms with van der Waals surface area (Å²) < 4.78 is 6.18. The molecule has 0 aliphatic carbocycles. The van der Waals surface area contributed by atoms with E-state index < -0.39 is 0 Å². The molecule has 1 atom stereocenters. The Hall–Kier alpha value is -1.65. The second-order valence-corrected chi connectivity index (χ2v) is 5.67. The van der Waals surface area contributed by atoms with Crippen molar-refractivity contribution in [3.8, 4) is 0 Å². The predicted octanol–water partition coefficient (Wildman–Crippen LogP) is 4.48. The van der Waals surface area contributed by atoms with Gasteiger partial charge in [0.15, 0.2) is 4.67 Å². The molecule has 21 heavy (non-hydrogen) atoms. The van der Waals surface area contributed by atoms with Crippen molar-refractivity contribution in [3.63, 3.8) is 0 Å². The SMILES string of the molecule is CCNC(Cc1ccnc2ccccc12)c1ccoc1Br. The quantitative estimate of drug-likeness (QED) is 0.741. The van der Waals surface area contributed by atoms with Crippen LogP contribution in [0.2, 0.25) is 0 Å². The molecule has 0 saturated carbocycles. The Kier molecular flexibility index (Phi) is 4.36. The van der Waals surface area contributed by atoms with Gasteiger partial charge in [-0.2, -0.15) is 0 Å². The van der Waals surface area contributed by atoms with Gasteiger partial charge in [0.25, 0.3) is 0 Å². The lowest BCUT2D eigenvalue weighted by molar-refractivity contribution is 0.507. The number of hydrogen-bond donors (Lipinski definition) is 1. The first-order valence-corrected chi connectivity index (χ1v) is 7.87. The third kappa shape index (κ3) is 3.01. The molecule has 0 saturated heterocycles. The zero-order valence-electron chi connectivity index (χ0n) is 11.8. The molecule has 108 valence electrons. The summed E-state index contributed by atoms with van der Waals surface area (Å²) in [5.41, 5.74) is 3.48. The first-order chi connectivity index (χ1) is 10.3. The largest absolute Gasteiger partial charge is 0.457 e. The molecule has 0 amide bonds. The zero-order valence-corrected chi connectivity index (χ0v) is 13.4. The van der Waals surface area contributed by atoms with E-state index >= 15 is 0 Å². The van der Waals surface area contributed by atoms with E-state index in [0.29, 0.717) is 0 Å². The number of pyridine rings is 1. The van der Waals surface area contributed by atoms with Gasteiger partial charge in [-0.3, -0.25) is 4.98 Å². The Labute approximate surface area is 132 Å². The maximum Gasteiger partial charge on any atom is 0.173 e. The summed E-state index contributed by atoms with van der Waals surface area (Å²) >= 11 is 3.48. The van der Waals surface area contributed by atoms with Gasteiger partial charge in [-0.05, 0) is 52.7 Å². The van der Waals surface area contributed by atoms with Gasteiger partial charge in [-0.1, -0.05) is 25.1 Å². The summed E-state index contributed by atoms with van der Waals surface area (Å²) in [5.74, 6) is 0. The monoisotopic (exact) mass is 344 g/mol.